The first-order valence-corrected chi connectivity index (χ1v) is 6.02. The van der Waals surface area contributed by atoms with E-state index in [2.05, 4.69) is 34.7 Å². The summed E-state index contributed by atoms with van der Waals surface area (Å²) in [6.07, 6.45) is 2.78. The van der Waals surface area contributed by atoms with E-state index in [4.69, 9.17) is 0 Å². The predicted octanol–water partition coefficient (Wildman–Crippen LogP) is 3.54. The van der Waals surface area contributed by atoms with E-state index in [1.165, 1.54) is 12.1 Å². The fourth-order valence-electron chi connectivity index (χ4n) is 1.71. The first kappa shape index (κ1) is 13.4. The Morgan fingerprint density at radius 3 is 2.75 bits per heavy atom. The Balaban J connectivity index is 2.89. The monoisotopic (exact) mass is 285 g/mol. The van der Waals surface area contributed by atoms with Gasteiger partial charge >= 0.3 is 0 Å². The molecule has 1 unspecified atom stereocenters. The molecule has 0 amide bonds. The van der Waals surface area contributed by atoms with Gasteiger partial charge in [-0.1, -0.05) is 35.0 Å². The molecule has 0 spiro atoms. The number of halogens is 2. The Kier molecular flexibility index (Phi) is 4.69. The van der Waals surface area contributed by atoms with Crippen LogP contribution in [0.2, 0.25) is 0 Å². The minimum absolute atomic E-state index is 0.0188. The van der Waals surface area contributed by atoms with Crippen molar-refractivity contribution in [2.45, 2.75) is 13.3 Å². The minimum atomic E-state index is -0.218. The summed E-state index contributed by atoms with van der Waals surface area (Å²) in [6, 6.07) is 4.80. The van der Waals surface area contributed by atoms with Crippen LogP contribution < -0.4 is 5.32 Å². The topological polar surface area (TPSA) is 12.0 Å². The van der Waals surface area contributed by atoms with Crippen LogP contribution in [0, 0.1) is 11.2 Å². The number of rotatable bonds is 5. The number of hydrogen-bond acceptors (Lipinski definition) is 1. The van der Waals surface area contributed by atoms with Crippen molar-refractivity contribution < 1.29 is 4.39 Å². The van der Waals surface area contributed by atoms with Gasteiger partial charge in [-0.05, 0) is 31.2 Å². The second kappa shape index (κ2) is 5.60. The summed E-state index contributed by atoms with van der Waals surface area (Å²) in [5.74, 6) is -0.218. The van der Waals surface area contributed by atoms with E-state index < -0.39 is 0 Å². The summed E-state index contributed by atoms with van der Waals surface area (Å²) in [5, 5.41) is 3.15. The lowest BCUT2D eigenvalue weighted by atomic mass is 9.83. The van der Waals surface area contributed by atoms with E-state index in [-0.39, 0.29) is 11.2 Å². The van der Waals surface area contributed by atoms with Gasteiger partial charge < -0.3 is 5.32 Å². The van der Waals surface area contributed by atoms with E-state index >= 15 is 0 Å². The first-order chi connectivity index (χ1) is 7.50. The molecular weight excluding hydrogens is 269 g/mol. The predicted molar refractivity (Wildman–Crippen MR) is 70.0 cm³/mol. The van der Waals surface area contributed by atoms with Gasteiger partial charge in [0, 0.05) is 16.4 Å². The molecule has 1 aromatic carbocycles. The van der Waals surface area contributed by atoms with Crippen LogP contribution >= 0.6 is 15.9 Å². The molecule has 0 bridgehead atoms. The van der Waals surface area contributed by atoms with Crippen LogP contribution in [0.4, 0.5) is 4.39 Å². The van der Waals surface area contributed by atoms with E-state index in [1.807, 2.05) is 19.2 Å². The van der Waals surface area contributed by atoms with Gasteiger partial charge in [0.25, 0.3) is 0 Å². The van der Waals surface area contributed by atoms with Gasteiger partial charge in [-0.15, -0.1) is 6.58 Å². The second-order valence-electron chi connectivity index (χ2n) is 4.30. The standard InChI is InChI=1S/C13H17BrFN/c1-4-13(2,9-16-3)8-10-5-6-11(15)7-12(10)14/h4-7,16H,1,8-9H2,2-3H3. The average molecular weight is 286 g/mol. The summed E-state index contributed by atoms with van der Waals surface area (Å²) in [7, 11) is 1.92. The van der Waals surface area contributed by atoms with E-state index in [0.29, 0.717) is 0 Å². The summed E-state index contributed by atoms with van der Waals surface area (Å²) in [5.41, 5.74) is 1.08. The van der Waals surface area contributed by atoms with Crippen molar-refractivity contribution in [3.05, 3.63) is 46.7 Å². The zero-order valence-corrected chi connectivity index (χ0v) is 11.3. The molecule has 3 heteroatoms. The Labute approximate surface area is 105 Å². The van der Waals surface area contributed by atoms with Crippen LogP contribution in [0.3, 0.4) is 0 Å². The van der Waals surface area contributed by atoms with Gasteiger partial charge in [0.2, 0.25) is 0 Å². The van der Waals surface area contributed by atoms with Crippen LogP contribution in [0.15, 0.2) is 35.3 Å². The maximum Gasteiger partial charge on any atom is 0.124 e. The van der Waals surface area contributed by atoms with Crippen LogP contribution in [-0.4, -0.2) is 13.6 Å². The molecular formula is C13H17BrFN. The van der Waals surface area contributed by atoms with E-state index in [1.54, 1.807) is 0 Å². The largest absolute Gasteiger partial charge is 0.319 e. The highest BCUT2D eigenvalue weighted by atomic mass is 79.9. The molecule has 0 aliphatic carbocycles. The van der Waals surface area contributed by atoms with Crippen molar-refractivity contribution in [3.63, 3.8) is 0 Å². The molecule has 1 N–H and O–H groups in total. The second-order valence-corrected chi connectivity index (χ2v) is 5.16. The van der Waals surface area contributed by atoms with Crippen LogP contribution in [0.1, 0.15) is 12.5 Å². The lowest BCUT2D eigenvalue weighted by molar-refractivity contribution is 0.405. The molecule has 1 nitrogen and oxygen atoms in total. The summed E-state index contributed by atoms with van der Waals surface area (Å²) < 4.78 is 13.8. The SMILES string of the molecule is C=CC(C)(CNC)Cc1ccc(F)cc1Br. The molecule has 0 aromatic heterocycles. The smallest absolute Gasteiger partial charge is 0.124 e. The number of nitrogens with one attached hydrogen (secondary N) is 1. The maximum absolute atomic E-state index is 12.9. The van der Waals surface area contributed by atoms with Gasteiger partial charge in [-0.2, -0.15) is 0 Å². The molecule has 0 saturated carbocycles. The Morgan fingerprint density at radius 2 is 2.25 bits per heavy atom. The fourth-order valence-corrected chi connectivity index (χ4v) is 2.20. The normalized spacial score (nSPS) is 14.5. The lowest BCUT2D eigenvalue weighted by Crippen LogP contribution is -2.29. The zero-order chi connectivity index (χ0) is 12.2. The van der Waals surface area contributed by atoms with Crippen molar-refractivity contribution in [2.75, 3.05) is 13.6 Å². The highest BCUT2D eigenvalue weighted by Gasteiger charge is 2.21. The van der Waals surface area contributed by atoms with Crippen molar-refractivity contribution in [3.8, 4) is 0 Å². The minimum Gasteiger partial charge on any atom is -0.319 e. The quantitative estimate of drug-likeness (QED) is 0.816. The fraction of sp³-hybridized carbons (Fsp3) is 0.385. The van der Waals surface area contributed by atoms with Gasteiger partial charge in [0.15, 0.2) is 0 Å². The van der Waals surface area contributed by atoms with Crippen molar-refractivity contribution in [1.82, 2.24) is 5.32 Å². The van der Waals surface area contributed by atoms with E-state index in [0.717, 1.165) is 23.0 Å². The highest BCUT2D eigenvalue weighted by molar-refractivity contribution is 9.10. The zero-order valence-electron chi connectivity index (χ0n) is 9.69. The van der Waals surface area contributed by atoms with Crippen LogP contribution in [0.25, 0.3) is 0 Å². The summed E-state index contributed by atoms with van der Waals surface area (Å²) in [4.78, 5) is 0. The average Bonchev–Trinajstić information content (AvgIpc) is 2.23. The van der Waals surface area contributed by atoms with E-state index in [9.17, 15) is 4.39 Å². The van der Waals surface area contributed by atoms with Crippen molar-refractivity contribution >= 4 is 15.9 Å². The number of benzene rings is 1. The summed E-state index contributed by atoms with van der Waals surface area (Å²) in [6.45, 7) is 6.84. The molecule has 1 aromatic rings. The van der Waals surface area contributed by atoms with Crippen molar-refractivity contribution in [2.24, 2.45) is 5.41 Å². The molecule has 0 fully saturated rings. The molecule has 0 saturated heterocycles. The molecule has 16 heavy (non-hydrogen) atoms. The molecule has 0 heterocycles. The molecule has 0 radical (unpaired) electrons. The van der Waals surface area contributed by atoms with Gasteiger partial charge in [-0.3, -0.25) is 0 Å². The number of hydrogen-bond donors (Lipinski definition) is 1. The van der Waals surface area contributed by atoms with Crippen LogP contribution in [0.5, 0.6) is 0 Å². The maximum atomic E-state index is 12.9. The Bertz CT molecular complexity index is 378. The molecule has 88 valence electrons. The van der Waals surface area contributed by atoms with Crippen LogP contribution in [-0.2, 0) is 6.42 Å². The Morgan fingerprint density at radius 1 is 1.56 bits per heavy atom. The molecule has 1 atom stereocenters. The lowest BCUT2D eigenvalue weighted by Gasteiger charge is -2.26. The molecule has 1 rings (SSSR count). The third-order valence-electron chi connectivity index (χ3n) is 2.68. The van der Waals surface area contributed by atoms with Gasteiger partial charge in [-0.25, -0.2) is 4.39 Å². The summed E-state index contributed by atoms with van der Waals surface area (Å²) >= 11 is 3.39. The third-order valence-corrected chi connectivity index (χ3v) is 3.42. The van der Waals surface area contributed by atoms with Gasteiger partial charge in [0.1, 0.15) is 5.82 Å². The molecule has 0 aliphatic heterocycles. The first-order valence-electron chi connectivity index (χ1n) is 5.23. The third kappa shape index (κ3) is 3.42. The van der Waals surface area contributed by atoms with Gasteiger partial charge in [0.05, 0.1) is 0 Å². The molecule has 0 aliphatic rings. The van der Waals surface area contributed by atoms with Crippen molar-refractivity contribution in [1.29, 1.82) is 0 Å². The Hall–Kier alpha value is -0.670. The highest BCUT2D eigenvalue weighted by Crippen LogP contribution is 2.28.